The molecule has 0 saturated carbocycles. The Morgan fingerprint density at radius 3 is 2.59 bits per heavy atom. The third kappa shape index (κ3) is 5.75. The second-order valence-corrected chi connectivity index (χ2v) is 4.53. The maximum absolute atomic E-state index is 11.9. The van der Waals surface area contributed by atoms with Crippen LogP contribution in [0, 0.1) is 0 Å². The van der Waals surface area contributed by atoms with Gasteiger partial charge in [-0.15, -0.1) is 0 Å². The monoisotopic (exact) mass is 309 g/mol. The van der Waals surface area contributed by atoms with E-state index in [1.165, 1.54) is 0 Å². The fourth-order valence-corrected chi connectivity index (χ4v) is 1.80. The van der Waals surface area contributed by atoms with E-state index in [1.54, 1.807) is 39.4 Å². The van der Waals surface area contributed by atoms with Gasteiger partial charge < -0.3 is 24.6 Å². The van der Waals surface area contributed by atoms with Gasteiger partial charge in [0.25, 0.3) is 0 Å². The summed E-state index contributed by atoms with van der Waals surface area (Å²) in [4.78, 5) is 11.9. The number of nitrogens with one attached hydrogen (secondary N) is 1. The summed E-state index contributed by atoms with van der Waals surface area (Å²) in [6.45, 7) is 2.76. The second kappa shape index (κ2) is 9.81. The van der Waals surface area contributed by atoms with Gasteiger partial charge in [0.1, 0.15) is 0 Å². The van der Waals surface area contributed by atoms with Crippen molar-refractivity contribution in [1.29, 1.82) is 0 Å². The summed E-state index contributed by atoms with van der Waals surface area (Å²) < 4.78 is 15.5. The minimum absolute atomic E-state index is 0.0216. The van der Waals surface area contributed by atoms with E-state index < -0.39 is 0 Å². The van der Waals surface area contributed by atoms with E-state index in [-0.39, 0.29) is 19.1 Å². The lowest BCUT2D eigenvalue weighted by atomic mass is 10.1. The highest BCUT2D eigenvalue weighted by molar-refractivity contribution is 5.97. The van der Waals surface area contributed by atoms with Crippen molar-refractivity contribution in [3.05, 3.63) is 29.3 Å². The Morgan fingerprint density at radius 2 is 1.95 bits per heavy atom. The molecule has 122 valence electrons. The quantitative estimate of drug-likeness (QED) is 0.530. The molecule has 0 heterocycles. The largest absolute Gasteiger partial charge is 0.493 e. The van der Waals surface area contributed by atoms with Crippen molar-refractivity contribution in [2.75, 3.05) is 40.6 Å². The maximum Gasteiger partial charge on any atom is 0.247 e. The zero-order chi connectivity index (χ0) is 16.4. The molecule has 0 aromatic heterocycles. The fourth-order valence-electron chi connectivity index (χ4n) is 1.80. The molecule has 0 bridgehead atoms. The first kappa shape index (κ1) is 18.0. The van der Waals surface area contributed by atoms with Crippen molar-refractivity contribution in [2.45, 2.75) is 6.92 Å². The highest BCUT2D eigenvalue weighted by Crippen LogP contribution is 2.28. The summed E-state index contributed by atoms with van der Waals surface area (Å²) in [5.74, 6) is 1.09. The molecule has 0 aliphatic heterocycles. The van der Waals surface area contributed by atoms with Crippen LogP contribution in [0.4, 0.5) is 0 Å². The van der Waals surface area contributed by atoms with Crippen LogP contribution in [0.2, 0.25) is 0 Å². The van der Waals surface area contributed by atoms with Crippen molar-refractivity contribution in [3.63, 3.8) is 0 Å². The molecule has 0 aliphatic rings. The first-order valence-corrected chi connectivity index (χ1v) is 6.99. The van der Waals surface area contributed by atoms with Crippen molar-refractivity contribution in [1.82, 2.24) is 5.32 Å². The Morgan fingerprint density at radius 1 is 1.23 bits per heavy atom. The smallest absolute Gasteiger partial charge is 0.247 e. The topological polar surface area (TPSA) is 77.0 Å². The zero-order valence-corrected chi connectivity index (χ0v) is 13.2. The number of amides is 1. The predicted octanol–water partition coefficient (Wildman–Crippen LogP) is 1.23. The third-order valence-electron chi connectivity index (χ3n) is 2.92. The number of methoxy groups -OCH3 is 2. The molecule has 1 aromatic carbocycles. The normalized spacial score (nSPS) is 11.2. The van der Waals surface area contributed by atoms with Crippen molar-refractivity contribution < 1.29 is 24.1 Å². The Labute approximate surface area is 130 Å². The molecule has 6 heteroatoms. The maximum atomic E-state index is 11.9. The van der Waals surface area contributed by atoms with Crippen LogP contribution >= 0.6 is 0 Å². The van der Waals surface area contributed by atoms with Gasteiger partial charge in [-0.1, -0.05) is 6.07 Å². The molecule has 0 aliphatic carbocycles. The number of aliphatic hydroxyl groups is 1. The number of ether oxygens (including phenoxy) is 3. The SMILES string of the molecule is COc1ccc(/C=C(\C)C(=O)NCCOCCO)cc1OC. The Hall–Kier alpha value is -2.05. The Kier molecular flexibility index (Phi) is 8.03. The molecule has 1 aromatic rings. The molecule has 22 heavy (non-hydrogen) atoms. The molecule has 0 fully saturated rings. The van der Waals surface area contributed by atoms with Crippen molar-refractivity contribution in [2.24, 2.45) is 0 Å². The first-order chi connectivity index (χ1) is 10.6. The second-order valence-electron chi connectivity index (χ2n) is 4.53. The van der Waals surface area contributed by atoms with Crippen molar-refractivity contribution >= 4 is 12.0 Å². The minimum Gasteiger partial charge on any atom is -0.493 e. The van der Waals surface area contributed by atoms with E-state index in [0.717, 1.165) is 5.56 Å². The van der Waals surface area contributed by atoms with Gasteiger partial charge in [-0.2, -0.15) is 0 Å². The molecular formula is C16H23NO5. The highest BCUT2D eigenvalue weighted by Gasteiger charge is 2.06. The van der Waals surface area contributed by atoms with Crippen LogP contribution in [-0.4, -0.2) is 51.6 Å². The molecule has 0 radical (unpaired) electrons. The molecule has 2 N–H and O–H groups in total. The molecule has 0 spiro atoms. The van der Waals surface area contributed by atoms with Gasteiger partial charge in [0.15, 0.2) is 11.5 Å². The van der Waals surface area contributed by atoms with Crippen LogP contribution in [0.5, 0.6) is 11.5 Å². The van der Waals surface area contributed by atoms with Gasteiger partial charge in [-0.25, -0.2) is 0 Å². The molecule has 0 atom stereocenters. The van der Waals surface area contributed by atoms with Gasteiger partial charge in [-0.3, -0.25) is 4.79 Å². The summed E-state index contributed by atoms with van der Waals surface area (Å²) in [6.07, 6.45) is 1.77. The summed E-state index contributed by atoms with van der Waals surface area (Å²) in [6, 6.07) is 5.45. The van der Waals surface area contributed by atoms with E-state index >= 15 is 0 Å². The summed E-state index contributed by atoms with van der Waals surface area (Å²) in [5.41, 5.74) is 1.43. The average molecular weight is 309 g/mol. The van der Waals surface area contributed by atoms with Gasteiger partial charge in [0.05, 0.1) is 34.0 Å². The van der Waals surface area contributed by atoms with Gasteiger partial charge in [-0.05, 0) is 30.7 Å². The molecule has 6 nitrogen and oxygen atoms in total. The van der Waals surface area contributed by atoms with E-state index in [4.69, 9.17) is 19.3 Å². The number of aliphatic hydroxyl groups excluding tert-OH is 1. The predicted molar refractivity (Wildman–Crippen MR) is 84.1 cm³/mol. The van der Waals surface area contributed by atoms with E-state index in [9.17, 15) is 4.79 Å². The van der Waals surface area contributed by atoms with Crippen molar-refractivity contribution in [3.8, 4) is 11.5 Å². The number of hydrogen-bond acceptors (Lipinski definition) is 5. The van der Waals surface area contributed by atoms with Gasteiger partial charge in [0.2, 0.25) is 5.91 Å². The fraction of sp³-hybridized carbons (Fsp3) is 0.438. The van der Waals surface area contributed by atoms with Crippen LogP contribution < -0.4 is 14.8 Å². The lowest BCUT2D eigenvalue weighted by molar-refractivity contribution is -0.117. The molecule has 1 amide bonds. The average Bonchev–Trinajstić information content (AvgIpc) is 2.54. The Balaban J connectivity index is 2.61. The number of hydrogen-bond donors (Lipinski definition) is 2. The lowest BCUT2D eigenvalue weighted by Crippen LogP contribution is -2.28. The highest BCUT2D eigenvalue weighted by atomic mass is 16.5. The number of carbonyl (C=O) groups excluding carboxylic acids is 1. The molecular weight excluding hydrogens is 286 g/mol. The lowest BCUT2D eigenvalue weighted by Gasteiger charge is -2.09. The first-order valence-electron chi connectivity index (χ1n) is 6.99. The summed E-state index contributed by atoms with van der Waals surface area (Å²) in [5, 5.41) is 11.3. The standard InChI is InChI=1S/C16H23NO5/c1-12(16(19)17-6-8-22-9-7-18)10-13-4-5-14(20-2)15(11-13)21-3/h4-5,10-11,18H,6-9H2,1-3H3,(H,17,19)/b12-10+. The summed E-state index contributed by atoms with van der Waals surface area (Å²) in [7, 11) is 3.14. The van der Waals surface area contributed by atoms with Crippen LogP contribution in [0.25, 0.3) is 6.08 Å². The van der Waals surface area contributed by atoms with Gasteiger partial charge in [0, 0.05) is 12.1 Å². The van der Waals surface area contributed by atoms with Gasteiger partial charge >= 0.3 is 0 Å². The van der Waals surface area contributed by atoms with E-state index in [1.807, 2.05) is 6.07 Å². The molecule has 0 unspecified atom stereocenters. The van der Waals surface area contributed by atoms with Crippen LogP contribution in [0.15, 0.2) is 23.8 Å². The third-order valence-corrected chi connectivity index (χ3v) is 2.92. The summed E-state index contributed by atoms with van der Waals surface area (Å²) >= 11 is 0. The number of rotatable bonds is 9. The van der Waals surface area contributed by atoms with Crippen LogP contribution in [0.1, 0.15) is 12.5 Å². The number of benzene rings is 1. The molecule has 1 rings (SSSR count). The van der Waals surface area contributed by atoms with E-state index in [2.05, 4.69) is 5.32 Å². The van der Waals surface area contributed by atoms with Crippen LogP contribution in [-0.2, 0) is 9.53 Å². The molecule has 0 saturated heterocycles. The van der Waals surface area contributed by atoms with Crippen LogP contribution in [0.3, 0.4) is 0 Å². The zero-order valence-electron chi connectivity index (χ0n) is 13.2. The minimum atomic E-state index is -0.164. The Bertz CT molecular complexity index is 513. The number of carbonyl (C=O) groups is 1. The van der Waals surface area contributed by atoms with E-state index in [0.29, 0.717) is 30.2 Å².